The van der Waals surface area contributed by atoms with Gasteiger partial charge in [0.05, 0.1) is 16.9 Å². The average molecular weight is 631 g/mol. The van der Waals surface area contributed by atoms with Crippen molar-refractivity contribution in [2.75, 3.05) is 40.3 Å². The first-order valence-electron chi connectivity index (χ1n) is 12.9. The number of amides is 2. The molecule has 2 aromatic rings. The number of likely N-dealkylation sites (N-methyl/N-ethyl adjacent to an activating group) is 1. The summed E-state index contributed by atoms with van der Waals surface area (Å²) in [6, 6.07) is 10.0. The van der Waals surface area contributed by atoms with E-state index in [0.29, 0.717) is 17.5 Å². The van der Waals surface area contributed by atoms with Gasteiger partial charge in [-0.25, -0.2) is 21.6 Å². The Morgan fingerprint density at radius 2 is 1.60 bits per heavy atom. The topological polar surface area (TPSA) is 124 Å². The van der Waals surface area contributed by atoms with Gasteiger partial charge in [0.2, 0.25) is 31.9 Å². The highest BCUT2D eigenvalue weighted by Crippen LogP contribution is 2.29. The van der Waals surface area contributed by atoms with Gasteiger partial charge in [0.1, 0.15) is 6.54 Å². The standard InChI is InChI=1S/C27H33F3N4O6S2/c1-4-41(37,38)31-16-22-13-14-34(18-22)42(39,40)24-11-7-20(8-12-24)15-25(35)33(19-26(36)32(2)3)17-21-5-9-23(10-6-21)27(28,29)30/h4-12,22,31H,1,13-19H2,2-3H3/t22-/m1/s1. The van der Waals surface area contributed by atoms with E-state index in [4.69, 9.17) is 0 Å². The Hall–Kier alpha value is -3.27. The summed E-state index contributed by atoms with van der Waals surface area (Å²) in [7, 11) is -4.44. The molecule has 0 aromatic heterocycles. The SMILES string of the molecule is C=CS(=O)(=O)NC[C@H]1CCN(S(=O)(=O)c2ccc(CC(=O)N(CC(=O)N(C)C)Cc3ccc(C(F)(F)F)cc3)cc2)C1. The maximum Gasteiger partial charge on any atom is 0.416 e. The minimum Gasteiger partial charge on any atom is -0.347 e. The molecule has 2 aromatic carbocycles. The van der Waals surface area contributed by atoms with Crippen molar-refractivity contribution in [2.24, 2.45) is 5.92 Å². The van der Waals surface area contributed by atoms with Crippen LogP contribution in [0.4, 0.5) is 13.2 Å². The second kappa shape index (κ2) is 13.4. The Bertz CT molecular complexity index is 1490. The first kappa shape index (κ1) is 33.2. The number of benzene rings is 2. The first-order chi connectivity index (χ1) is 19.5. The Morgan fingerprint density at radius 1 is 1.00 bits per heavy atom. The number of hydrogen-bond acceptors (Lipinski definition) is 6. The molecule has 1 fully saturated rings. The number of sulfonamides is 2. The van der Waals surface area contributed by atoms with Gasteiger partial charge in [-0.1, -0.05) is 30.8 Å². The largest absolute Gasteiger partial charge is 0.416 e. The number of alkyl halides is 3. The summed E-state index contributed by atoms with van der Waals surface area (Å²) in [6.07, 6.45) is -4.19. The normalized spacial score (nSPS) is 16.3. The summed E-state index contributed by atoms with van der Waals surface area (Å²) in [5, 5.41) is 0.789. The quantitative estimate of drug-likeness (QED) is 0.384. The van der Waals surface area contributed by atoms with Gasteiger partial charge >= 0.3 is 6.18 Å². The van der Waals surface area contributed by atoms with Gasteiger partial charge in [-0.15, -0.1) is 0 Å². The minimum absolute atomic E-state index is 0.00965. The zero-order chi connectivity index (χ0) is 31.3. The summed E-state index contributed by atoms with van der Waals surface area (Å²) in [4.78, 5) is 28.1. The lowest BCUT2D eigenvalue weighted by Gasteiger charge is -2.24. The molecule has 0 saturated carbocycles. The van der Waals surface area contributed by atoms with Crippen LogP contribution in [0, 0.1) is 5.92 Å². The fourth-order valence-electron chi connectivity index (χ4n) is 4.25. The van der Waals surface area contributed by atoms with Gasteiger partial charge < -0.3 is 9.80 Å². The summed E-state index contributed by atoms with van der Waals surface area (Å²) in [6.45, 7) is 3.28. The smallest absolute Gasteiger partial charge is 0.347 e. The number of nitrogens with one attached hydrogen (secondary N) is 1. The molecule has 1 N–H and O–H groups in total. The third-order valence-electron chi connectivity index (χ3n) is 6.79. The van der Waals surface area contributed by atoms with Crippen molar-refractivity contribution in [1.82, 2.24) is 18.8 Å². The van der Waals surface area contributed by atoms with Gasteiger partial charge in [0.15, 0.2) is 0 Å². The number of hydrogen-bond donors (Lipinski definition) is 1. The van der Waals surface area contributed by atoms with Crippen LogP contribution < -0.4 is 4.72 Å². The van der Waals surface area contributed by atoms with Crippen molar-refractivity contribution in [3.8, 4) is 0 Å². The van der Waals surface area contributed by atoms with E-state index in [0.717, 1.165) is 17.5 Å². The maximum absolute atomic E-state index is 13.2. The van der Waals surface area contributed by atoms with E-state index in [-0.39, 0.29) is 55.9 Å². The van der Waals surface area contributed by atoms with E-state index in [1.807, 2.05) is 0 Å². The molecule has 1 heterocycles. The second-order valence-electron chi connectivity index (χ2n) is 10.1. The van der Waals surface area contributed by atoms with E-state index in [2.05, 4.69) is 11.3 Å². The Kier molecular flexibility index (Phi) is 10.6. The Morgan fingerprint density at radius 3 is 2.14 bits per heavy atom. The molecule has 10 nitrogen and oxygen atoms in total. The Labute approximate surface area is 243 Å². The summed E-state index contributed by atoms with van der Waals surface area (Å²) in [5.41, 5.74) is 0.0580. The molecule has 0 unspecified atom stereocenters. The molecule has 2 amide bonds. The lowest BCUT2D eigenvalue weighted by molar-refractivity contribution is -0.139. The molecular formula is C27H33F3N4O6S2. The van der Waals surface area contributed by atoms with E-state index in [1.165, 1.54) is 64.6 Å². The van der Waals surface area contributed by atoms with Crippen LogP contribution in [0.3, 0.4) is 0 Å². The third kappa shape index (κ3) is 8.86. The fourth-order valence-corrected chi connectivity index (χ4v) is 6.36. The number of nitrogens with zero attached hydrogens (tertiary/aromatic N) is 3. The van der Waals surface area contributed by atoms with Gasteiger partial charge in [-0.05, 0) is 47.7 Å². The predicted molar refractivity (Wildman–Crippen MR) is 150 cm³/mol. The van der Waals surface area contributed by atoms with E-state index >= 15 is 0 Å². The highest BCUT2D eigenvalue weighted by molar-refractivity contribution is 7.92. The summed E-state index contributed by atoms with van der Waals surface area (Å²) >= 11 is 0. The molecule has 3 rings (SSSR count). The number of carbonyl (C=O) groups is 2. The van der Waals surface area contributed by atoms with Crippen LogP contribution in [-0.2, 0) is 48.8 Å². The zero-order valence-corrected chi connectivity index (χ0v) is 24.8. The lowest BCUT2D eigenvalue weighted by Crippen LogP contribution is -2.40. The number of rotatable bonds is 12. The molecule has 42 heavy (non-hydrogen) atoms. The molecule has 0 aliphatic carbocycles. The summed E-state index contributed by atoms with van der Waals surface area (Å²) < 4.78 is 91.8. The van der Waals surface area contributed by atoms with Crippen molar-refractivity contribution in [3.63, 3.8) is 0 Å². The van der Waals surface area contributed by atoms with Crippen molar-refractivity contribution in [3.05, 3.63) is 77.2 Å². The van der Waals surface area contributed by atoms with Crippen molar-refractivity contribution < 1.29 is 39.6 Å². The molecule has 1 saturated heterocycles. The van der Waals surface area contributed by atoms with Crippen molar-refractivity contribution >= 4 is 31.9 Å². The van der Waals surface area contributed by atoms with Crippen molar-refractivity contribution in [1.29, 1.82) is 0 Å². The van der Waals surface area contributed by atoms with Crippen LogP contribution in [0.25, 0.3) is 0 Å². The number of carbonyl (C=O) groups excluding carboxylic acids is 2. The molecule has 1 aliphatic rings. The molecule has 1 aliphatic heterocycles. The Balaban J connectivity index is 1.68. The van der Waals surface area contributed by atoms with E-state index < -0.39 is 37.7 Å². The van der Waals surface area contributed by atoms with Crippen LogP contribution >= 0.6 is 0 Å². The lowest BCUT2D eigenvalue weighted by atomic mass is 10.1. The molecule has 0 spiro atoms. The van der Waals surface area contributed by atoms with E-state index in [9.17, 15) is 39.6 Å². The van der Waals surface area contributed by atoms with E-state index in [1.54, 1.807) is 0 Å². The van der Waals surface area contributed by atoms with Gasteiger partial charge in [-0.2, -0.15) is 17.5 Å². The van der Waals surface area contributed by atoms with Crippen LogP contribution in [0.2, 0.25) is 0 Å². The van der Waals surface area contributed by atoms with Gasteiger partial charge in [0.25, 0.3) is 0 Å². The summed E-state index contributed by atoms with van der Waals surface area (Å²) in [5.74, 6) is -1.05. The number of halogens is 3. The van der Waals surface area contributed by atoms with Crippen LogP contribution in [0.1, 0.15) is 23.1 Å². The molecule has 230 valence electrons. The van der Waals surface area contributed by atoms with Crippen LogP contribution in [-0.4, -0.2) is 83.0 Å². The zero-order valence-electron chi connectivity index (χ0n) is 23.2. The predicted octanol–water partition coefficient (Wildman–Crippen LogP) is 2.44. The molecule has 0 radical (unpaired) electrons. The van der Waals surface area contributed by atoms with Crippen LogP contribution in [0.5, 0.6) is 0 Å². The second-order valence-corrected chi connectivity index (χ2v) is 13.8. The molecular weight excluding hydrogens is 597 g/mol. The molecule has 1 atom stereocenters. The minimum atomic E-state index is -4.50. The molecule has 0 bridgehead atoms. The van der Waals surface area contributed by atoms with Gasteiger partial charge in [0, 0.05) is 45.7 Å². The first-order valence-corrected chi connectivity index (χ1v) is 15.9. The highest BCUT2D eigenvalue weighted by atomic mass is 32.2. The fraction of sp³-hybridized carbons (Fsp3) is 0.407. The molecule has 15 heteroatoms. The van der Waals surface area contributed by atoms with Crippen molar-refractivity contribution in [2.45, 2.75) is 30.5 Å². The maximum atomic E-state index is 13.2. The average Bonchev–Trinajstić information content (AvgIpc) is 3.42. The van der Waals surface area contributed by atoms with Gasteiger partial charge in [-0.3, -0.25) is 9.59 Å². The highest BCUT2D eigenvalue weighted by Gasteiger charge is 2.33. The third-order valence-corrected chi connectivity index (χ3v) is 9.68. The van der Waals surface area contributed by atoms with Crippen LogP contribution in [0.15, 0.2) is 65.4 Å². The monoisotopic (exact) mass is 630 g/mol.